The molecule has 1 aromatic carbocycles. The number of carbonyl (C=O) groups is 1. The molecule has 1 heterocycles. The number of aliphatic carboxylic acids is 1. The van der Waals surface area contributed by atoms with Crippen LogP contribution in [0.4, 0.5) is 0 Å². The molecule has 0 bridgehead atoms. The number of nitrogens with zero attached hydrogens (tertiary/aromatic N) is 1. The molecule has 1 fully saturated rings. The number of likely N-dealkylation sites (tertiary alicyclic amines) is 1. The smallest absolute Gasteiger partial charge is 0.320 e. The average molecular weight is 249 g/mol. The van der Waals surface area contributed by atoms with Crippen molar-refractivity contribution < 1.29 is 15.0 Å². The van der Waals surface area contributed by atoms with Crippen LogP contribution < -0.4 is 0 Å². The van der Waals surface area contributed by atoms with E-state index in [0.29, 0.717) is 13.0 Å². The van der Waals surface area contributed by atoms with Gasteiger partial charge in [0.15, 0.2) is 0 Å². The van der Waals surface area contributed by atoms with Crippen LogP contribution in [0.2, 0.25) is 0 Å². The van der Waals surface area contributed by atoms with E-state index in [9.17, 15) is 9.90 Å². The second-order valence-corrected chi connectivity index (χ2v) is 5.11. The maximum atomic E-state index is 11.1. The SMILES string of the molecule is CC(O)(CN1CCCC1C(=O)O)c1ccccc1. The molecule has 0 spiro atoms. The molecule has 4 heteroatoms. The number of aliphatic hydroxyl groups is 1. The van der Waals surface area contributed by atoms with Gasteiger partial charge in [0.05, 0.1) is 5.60 Å². The monoisotopic (exact) mass is 249 g/mol. The minimum Gasteiger partial charge on any atom is -0.480 e. The van der Waals surface area contributed by atoms with Crippen molar-refractivity contribution in [2.24, 2.45) is 0 Å². The zero-order valence-electron chi connectivity index (χ0n) is 10.5. The van der Waals surface area contributed by atoms with Crippen molar-refractivity contribution in [2.45, 2.75) is 31.4 Å². The Morgan fingerprint density at radius 3 is 2.72 bits per heavy atom. The Bertz CT molecular complexity index is 416. The molecule has 2 unspecified atom stereocenters. The number of β-amino-alcohol motifs (C(OH)–C–C–N with tert-alkyl or cyclic N) is 1. The van der Waals surface area contributed by atoms with E-state index in [0.717, 1.165) is 18.5 Å². The summed E-state index contributed by atoms with van der Waals surface area (Å²) in [5.74, 6) is -0.795. The molecule has 0 aliphatic carbocycles. The van der Waals surface area contributed by atoms with Gasteiger partial charge in [0.25, 0.3) is 0 Å². The Labute approximate surface area is 107 Å². The Morgan fingerprint density at radius 2 is 2.11 bits per heavy atom. The molecule has 0 amide bonds. The first kappa shape index (κ1) is 13.1. The molecule has 4 nitrogen and oxygen atoms in total. The van der Waals surface area contributed by atoms with Crippen LogP contribution in [-0.4, -0.2) is 40.2 Å². The maximum Gasteiger partial charge on any atom is 0.320 e. The summed E-state index contributed by atoms with van der Waals surface area (Å²) >= 11 is 0. The third-order valence-electron chi connectivity index (χ3n) is 3.56. The Morgan fingerprint density at radius 1 is 1.44 bits per heavy atom. The lowest BCUT2D eigenvalue weighted by atomic mass is 9.95. The van der Waals surface area contributed by atoms with Gasteiger partial charge in [0.1, 0.15) is 6.04 Å². The van der Waals surface area contributed by atoms with Gasteiger partial charge < -0.3 is 10.2 Å². The molecule has 0 aromatic heterocycles. The van der Waals surface area contributed by atoms with Crippen LogP contribution in [0.1, 0.15) is 25.3 Å². The Balaban J connectivity index is 2.11. The van der Waals surface area contributed by atoms with Gasteiger partial charge in [0, 0.05) is 6.54 Å². The van der Waals surface area contributed by atoms with Crippen molar-refractivity contribution >= 4 is 5.97 Å². The third-order valence-corrected chi connectivity index (χ3v) is 3.56. The highest BCUT2D eigenvalue weighted by atomic mass is 16.4. The fourth-order valence-corrected chi connectivity index (χ4v) is 2.58. The molecular weight excluding hydrogens is 230 g/mol. The zero-order valence-corrected chi connectivity index (χ0v) is 10.5. The van der Waals surface area contributed by atoms with E-state index in [1.807, 2.05) is 35.2 Å². The molecular formula is C14H19NO3. The number of hydrogen-bond acceptors (Lipinski definition) is 3. The van der Waals surface area contributed by atoms with Gasteiger partial charge >= 0.3 is 5.97 Å². The highest BCUT2D eigenvalue weighted by Gasteiger charge is 2.35. The van der Waals surface area contributed by atoms with Crippen LogP contribution in [0.15, 0.2) is 30.3 Å². The first-order valence-corrected chi connectivity index (χ1v) is 6.25. The van der Waals surface area contributed by atoms with Gasteiger partial charge in [-0.25, -0.2) is 0 Å². The van der Waals surface area contributed by atoms with Crippen LogP contribution in [0.3, 0.4) is 0 Å². The molecule has 1 aliphatic rings. The van der Waals surface area contributed by atoms with E-state index in [-0.39, 0.29) is 0 Å². The molecule has 2 atom stereocenters. The summed E-state index contributed by atoms with van der Waals surface area (Å²) in [5, 5.41) is 19.6. The van der Waals surface area contributed by atoms with Crippen molar-refractivity contribution in [3.8, 4) is 0 Å². The van der Waals surface area contributed by atoms with E-state index >= 15 is 0 Å². The highest BCUT2D eigenvalue weighted by molar-refractivity contribution is 5.73. The molecule has 1 saturated heterocycles. The molecule has 1 aromatic rings. The summed E-state index contributed by atoms with van der Waals surface area (Å²) in [5.41, 5.74) is -0.194. The van der Waals surface area contributed by atoms with Gasteiger partial charge in [-0.15, -0.1) is 0 Å². The first-order valence-electron chi connectivity index (χ1n) is 6.25. The number of hydrogen-bond donors (Lipinski definition) is 2. The molecule has 0 saturated carbocycles. The minimum atomic E-state index is -1.01. The molecule has 0 radical (unpaired) electrons. The van der Waals surface area contributed by atoms with E-state index in [2.05, 4.69) is 0 Å². The molecule has 2 rings (SSSR count). The molecule has 1 aliphatic heterocycles. The quantitative estimate of drug-likeness (QED) is 0.847. The van der Waals surface area contributed by atoms with Gasteiger partial charge in [0.2, 0.25) is 0 Å². The van der Waals surface area contributed by atoms with Crippen LogP contribution in [0, 0.1) is 0 Å². The lowest BCUT2D eigenvalue weighted by Gasteiger charge is -2.31. The van der Waals surface area contributed by atoms with Crippen LogP contribution in [0.5, 0.6) is 0 Å². The molecule has 2 N–H and O–H groups in total. The number of carboxylic acid groups (broad SMARTS) is 1. The van der Waals surface area contributed by atoms with Crippen LogP contribution in [0.25, 0.3) is 0 Å². The largest absolute Gasteiger partial charge is 0.480 e. The third kappa shape index (κ3) is 2.71. The predicted octanol–water partition coefficient (Wildman–Crippen LogP) is 1.44. The topological polar surface area (TPSA) is 60.8 Å². The summed E-state index contributed by atoms with van der Waals surface area (Å²) in [4.78, 5) is 13.0. The van der Waals surface area contributed by atoms with Gasteiger partial charge in [-0.1, -0.05) is 30.3 Å². The first-order chi connectivity index (χ1) is 8.50. The number of rotatable bonds is 4. The van der Waals surface area contributed by atoms with E-state index in [4.69, 9.17) is 5.11 Å². The Kier molecular flexibility index (Phi) is 3.68. The normalized spacial score (nSPS) is 23.8. The lowest BCUT2D eigenvalue weighted by Crippen LogP contribution is -2.44. The summed E-state index contributed by atoms with van der Waals surface area (Å²) in [6.45, 7) is 2.83. The fraction of sp³-hybridized carbons (Fsp3) is 0.500. The second-order valence-electron chi connectivity index (χ2n) is 5.11. The minimum absolute atomic E-state index is 0.355. The molecule has 18 heavy (non-hydrogen) atoms. The summed E-state index contributed by atoms with van der Waals surface area (Å²) in [6.07, 6.45) is 1.54. The van der Waals surface area contributed by atoms with Crippen molar-refractivity contribution in [2.75, 3.05) is 13.1 Å². The van der Waals surface area contributed by atoms with Crippen molar-refractivity contribution in [3.63, 3.8) is 0 Å². The van der Waals surface area contributed by atoms with Gasteiger partial charge in [-0.2, -0.15) is 0 Å². The fourth-order valence-electron chi connectivity index (χ4n) is 2.58. The number of benzene rings is 1. The van der Waals surface area contributed by atoms with Crippen molar-refractivity contribution in [1.82, 2.24) is 4.90 Å². The Hall–Kier alpha value is -1.39. The van der Waals surface area contributed by atoms with E-state index < -0.39 is 17.6 Å². The number of carboxylic acids is 1. The summed E-state index contributed by atoms with van der Waals surface area (Å²) < 4.78 is 0. The van der Waals surface area contributed by atoms with Crippen LogP contribution in [-0.2, 0) is 10.4 Å². The van der Waals surface area contributed by atoms with Crippen molar-refractivity contribution in [3.05, 3.63) is 35.9 Å². The summed E-state index contributed by atoms with van der Waals surface area (Å²) in [6, 6.07) is 8.93. The van der Waals surface area contributed by atoms with E-state index in [1.165, 1.54) is 0 Å². The summed E-state index contributed by atoms with van der Waals surface area (Å²) in [7, 11) is 0. The standard InChI is InChI=1S/C14H19NO3/c1-14(18,11-6-3-2-4-7-11)10-15-9-5-8-12(15)13(16)17/h2-4,6-7,12,18H,5,8-10H2,1H3,(H,16,17). The lowest BCUT2D eigenvalue weighted by molar-refractivity contribution is -0.143. The van der Waals surface area contributed by atoms with Gasteiger partial charge in [-0.05, 0) is 31.9 Å². The molecule has 98 valence electrons. The van der Waals surface area contributed by atoms with E-state index in [1.54, 1.807) is 6.92 Å². The second kappa shape index (κ2) is 5.08. The van der Waals surface area contributed by atoms with Crippen molar-refractivity contribution in [1.29, 1.82) is 0 Å². The predicted molar refractivity (Wildman–Crippen MR) is 68.2 cm³/mol. The van der Waals surface area contributed by atoms with Gasteiger partial charge in [-0.3, -0.25) is 9.69 Å². The van der Waals surface area contributed by atoms with Crippen LogP contribution >= 0.6 is 0 Å². The zero-order chi connectivity index (χ0) is 13.2. The highest BCUT2D eigenvalue weighted by Crippen LogP contribution is 2.26. The average Bonchev–Trinajstić information content (AvgIpc) is 2.78. The maximum absolute atomic E-state index is 11.1.